The summed E-state index contributed by atoms with van der Waals surface area (Å²) in [6.07, 6.45) is 4.99. The molecule has 0 spiro atoms. The molecule has 0 radical (unpaired) electrons. The molecule has 1 aliphatic rings. The first-order chi connectivity index (χ1) is 11.2. The lowest BCUT2D eigenvalue weighted by molar-refractivity contribution is 0.0452. The van der Waals surface area contributed by atoms with Crippen LogP contribution in [0, 0.1) is 0 Å². The largest absolute Gasteiger partial charge is 0.396 e. The van der Waals surface area contributed by atoms with Crippen LogP contribution < -0.4 is 10.6 Å². The molecule has 1 aromatic carbocycles. The van der Waals surface area contributed by atoms with Gasteiger partial charge in [0.25, 0.3) is 0 Å². The van der Waals surface area contributed by atoms with Crippen LogP contribution >= 0.6 is 0 Å². The average molecular weight is 320 g/mol. The molecule has 2 amide bonds. The number of urea groups is 1. The van der Waals surface area contributed by atoms with Gasteiger partial charge < -0.3 is 20.5 Å². The zero-order valence-corrected chi connectivity index (χ0v) is 13.8. The van der Waals surface area contributed by atoms with Crippen molar-refractivity contribution < 1.29 is 14.6 Å². The minimum absolute atomic E-state index is 0.0850. The quantitative estimate of drug-likeness (QED) is 0.722. The number of rotatable bonds is 7. The van der Waals surface area contributed by atoms with Gasteiger partial charge in [-0.1, -0.05) is 43.2 Å². The van der Waals surface area contributed by atoms with Gasteiger partial charge in [-0.25, -0.2) is 4.79 Å². The molecule has 0 aromatic heterocycles. The predicted octanol–water partition coefficient (Wildman–Crippen LogP) is 2.41. The highest BCUT2D eigenvalue weighted by Gasteiger charge is 2.26. The van der Waals surface area contributed by atoms with Crippen molar-refractivity contribution in [2.45, 2.75) is 50.2 Å². The molecule has 3 atom stereocenters. The van der Waals surface area contributed by atoms with Gasteiger partial charge in [0, 0.05) is 26.2 Å². The predicted molar refractivity (Wildman–Crippen MR) is 90.5 cm³/mol. The van der Waals surface area contributed by atoms with E-state index >= 15 is 0 Å². The van der Waals surface area contributed by atoms with Crippen LogP contribution in [0.15, 0.2) is 30.3 Å². The van der Waals surface area contributed by atoms with Gasteiger partial charge in [-0.15, -0.1) is 0 Å². The average Bonchev–Trinajstić information content (AvgIpc) is 2.60. The summed E-state index contributed by atoms with van der Waals surface area (Å²) in [5.74, 6) is 0.122. The van der Waals surface area contributed by atoms with Crippen LogP contribution in [-0.2, 0) is 4.74 Å². The van der Waals surface area contributed by atoms with Crippen LogP contribution in [0.1, 0.15) is 43.6 Å². The smallest absolute Gasteiger partial charge is 0.315 e. The van der Waals surface area contributed by atoms with Gasteiger partial charge >= 0.3 is 6.03 Å². The normalized spacial score (nSPS) is 22.3. The molecule has 0 aliphatic heterocycles. The number of hydrogen-bond donors (Lipinski definition) is 3. The van der Waals surface area contributed by atoms with Crippen molar-refractivity contribution in [3.05, 3.63) is 35.9 Å². The first-order valence-electron chi connectivity index (χ1n) is 8.47. The topological polar surface area (TPSA) is 70.6 Å². The van der Waals surface area contributed by atoms with Crippen LogP contribution in [0.5, 0.6) is 0 Å². The highest BCUT2D eigenvalue weighted by molar-refractivity contribution is 5.74. The zero-order chi connectivity index (χ0) is 16.5. The van der Waals surface area contributed by atoms with Gasteiger partial charge in [-0.05, 0) is 24.8 Å². The number of carbonyl (C=O) groups is 1. The van der Waals surface area contributed by atoms with E-state index in [4.69, 9.17) is 4.74 Å². The fourth-order valence-corrected chi connectivity index (χ4v) is 3.25. The summed E-state index contributed by atoms with van der Waals surface area (Å²) >= 11 is 0. The first kappa shape index (κ1) is 17.8. The molecule has 23 heavy (non-hydrogen) atoms. The van der Waals surface area contributed by atoms with Crippen LogP contribution in [0.2, 0.25) is 0 Å². The molecule has 1 saturated carbocycles. The van der Waals surface area contributed by atoms with Crippen molar-refractivity contribution in [2.75, 3.05) is 20.3 Å². The van der Waals surface area contributed by atoms with Gasteiger partial charge in [-0.2, -0.15) is 0 Å². The Morgan fingerprint density at radius 1 is 1.30 bits per heavy atom. The van der Waals surface area contributed by atoms with Crippen molar-refractivity contribution in [3.8, 4) is 0 Å². The van der Waals surface area contributed by atoms with Crippen LogP contribution in [-0.4, -0.2) is 43.5 Å². The van der Waals surface area contributed by atoms with Gasteiger partial charge in [0.1, 0.15) is 0 Å². The standard InChI is InChI=1S/C18H28N2O3/c1-23-17-10-6-5-9-16(17)20-18(22)19-13-15(11-12-21)14-7-3-2-4-8-14/h2-4,7-8,15-17,21H,5-6,9-13H2,1H3,(H2,19,20,22). The van der Waals surface area contributed by atoms with Gasteiger partial charge in [0.2, 0.25) is 0 Å². The molecule has 0 heterocycles. The Balaban J connectivity index is 1.84. The minimum Gasteiger partial charge on any atom is -0.396 e. The number of amides is 2. The maximum absolute atomic E-state index is 12.2. The molecule has 0 bridgehead atoms. The second kappa shape index (κ2) is 9.53. The summed E-state index contributed by atoms with van der Waals surface area (Å²) < 4.78 is 5.46. The number of ether oxygens (including phenoxy) is 1. The molecular weight excluding hydrogens is 292 g/mol. The molecule has 1 aliphatic carbocycles. The Bertz CT molecular complexity index is 467. The lowest BCUT2D eigenvalue weighted by Gasteiger charge is -2.31. The molecule has 3 N–H and O–H groups in total. The highest BCUT2D eigenvalue weighted by atomic mass is 16.5. The number of nitrogens with one attached hydrogen (secondary N) is 2. The summed E-state index contributed by atoms with van der Waals surface area (Å²) in [7, 11) is 1.70. The number of hydrogen-bond acceptors (Lipinski definition) is 3. The van der Waals surface area contributed by atoms with E-state index in [1.807, 2.05) is 30.3 Å². The van der Waals surface area contributed by atoms with Crippen LogP contribution in [0.4, 0.5) is 4.79 Å². The number of methoxy groups -OCH3 is 1. The molecule has 1 fully saturated rings. The maximum Gasteiger partial charge on any atom is 0.315 e. The Labute approximate surface area is 138 Å². The molecular formula is C18H28N2O3. The Morgan fingerprint density at radius 2 is 2.04 bits per heavy atom. The molecule has 2 rings (SSSR count). The van der Waals surface area contributed by atoms with Crippen LogP contribution in [0.3, 0.4) is 0 Å². The third-order valence-electron chi connectivity index (χ3n) is 4.58. The fraction of sp³-hybridized carbons (Fsp3) is 0.611. The van der Waals surface area contributed by atoms with Crippen molar-refractivity contribution in [1.82, 2.24) is 10.6 Å². The van der Waals surface area contributed by atoms with E-state index < -0.39 is 0 Å². The monoisotopic (exact) mass is 320 g/mol. The second-order valence-electron chi connectivity index (χ2n) is 6.14. The van der Waals surface area contributed by atoms with E-state index in [0.717, 1.165) is 31.2 Å². The van der Waals surface area contributed by atoms with Crippen molar-refractivity contribution in [2.24, 2.45) is 0 Å². The lowest BCUT2D eigenvalue weighted by Crippen LogP contribution is -2.50. The molecule has 128 valence electrons. The van der Waals surface area contributed by atoms with E-state index in [0.29, 0.717) is 13.0 Å². The number of aliphatic hydroxyl groups is 1. The van der Waals surface area contributed by atoms with Gasteiger partial charge in [-0.3, -0.25) is 0 Å². The lowest BCUT2D eigenvalue weighted by atomic mass is 9.92. The van der Waals surface area contributed by atoms with E-state index in [1.165, 1.54) is 0 Å². The fourth-order valence-electron chi connectivity index (χ4n) is 3.25. The number of carbonyl (C=O) groups excluding carboxylic acids is 1. The maximum atomic E-state index is 12.2. The Kier molecular flexibility index (Phi) is 7.36. The zero-order valence-electron chi connectivity index (χ0n) is 13.8. The SMILES string of the molecule is COC1CCCCC1NC(=O)NCC(CCO)c1ccccc1. The molecule has 1 aromatic rings. The van der Waals surface area contributed by atoms with Crippen LogP contribution in [0.25, 0.3) is 0 Å². The van der Waals surface area contributed by atoms with Gasteiger partial charge in [0.05, 0.1) is 12.1 Å². The number of aliphatic hydroxyl groups excluding tert-OH is 1. The molecule has 5 nitrogen and oxygen atoms in total. The van der Waals surface area contributed by atoms with Crippen molar-refractivity contribution >= 4 is 6.03 Å². The third kappa shape index (κ3) is 5.52. The summed E-state index contributed by atoms with van der Waals surface area (Å²) in [5, 5.41) is 15.2. The Morgan fingerprint density at radius 3 is 2.74 bits per heavy atom. The van der Waals surface area contributed by atoms with E-state index in [-0.39, 0.29) is 30.7 Å². The first-order valence-corrected chi connectivity index (χ1v) is 8.47. The minimum atomic E-state index is -0.155. The third-order valence-corrected chi connectivity index (χ3v) is 4.58. The highest BCUT2D eigenvalue weighted by Crippen LogP contribution is 2.21. The Hall–Kier alpha value is -1.59. The summed E-state index contributed by atoms with van der Waals surface area (Å²) in [6, 6.07) is 9.91. The van der Waals surface area contributed by atoms with E-state index in [1.54, 1.807) is 7.11 Å². The summed E-state index contributed by atoms with van der Waals surface area (Å²) in [5.41, 5.74) is 1.13. The van der Waals surface area contributed by atoms with Crippen molar-refractivity contribution in [3.63, 3.8) is 0 Å². The van der Waals surface area contributed by atoms with E-state index in [2.05, 4.69) is 10.6 Å². The van der Waals surface area contributed by atoms with Gasteiger partial charge in [0.15, 0.2) is 0 Å². The van der Waals surface area contributed by atoms with Crippen molar-refractivity contribution in [1.29, 1.82) is 0 Å². The summed E-state index contributed by atoms with van der Waals surface area (Å²) in [6.45, 7) is 0.623. The molecule has 0 saturated heterocycles. The van der Waals surface area contributed by atoms with E-state index in [9.17, 15) is 9.90 Å². The molecule has 3 unspecified atom stereocenters. The number of benzene rings is 1. The molecule has 5 heteroatoms. The summed E-state index contributed by atoms with van der Waals surface area (Å²) in [4.78, 5) is 12.2. The second-order valence-corrected chi connectivity index (χ2v) is 6.14.